The molecule has 4 nitrogen and oxygen atoms in total. The lowest BCUT2D eigenvalue weighted by Crippen LogP contribution is -2.30. The quantitative estimate of drug-likeness (QED) is 0.815. The molecule has 1 aromatic heterocycles. The molecule has 0 aromatic carbocycles. The number of amides is 1. The van der Waals surface area contributed by atoms with Gasteiger partial charge in [0.15, 0.2) is 0 Å². The van der Waals surface area contributed by atoms with Crippen molar-refractivity contribution in [3.8, 4) is 6.07 Å². The highest BCUT2D eigenvalue weighted by atomic mass is 35.5. The van der Waals surface area contributed by atoms with E-state index in [1.165, 1.54) is 12.3 Å². The average molecular weight is 252 g/mol. The summed E-state index contributed by atoms with van der Waals surface area (Å²) >= 11 is 5.98. The van der Waals surface area contributed by atoms with Crippen molar-refractivity contribution in [1.29, 1.82) is 5.26 Å². The first-order valence-electron chi connectivity index (χ1n) is 5.45. The van der Waals surface area contributed by atoms with E-state index in [4.69, 9.17) is 16.9 Å². The first-order chi connectivity index (χ1) is 8.17. The van der Waals surface area contributed by atoms with Gasteiger partial charge in [0.25, 0.3) is 5.91 Å². The molecule has 1 N–H and O–H groups in total. The number of rotatable bonds is 5. The highest BCUT2D eigenvalue weighted by Crippen LogP contribution is 2.04. The second kappa shape index (κ2) is 6.87. The van der Waals surface area contributed by atoms with Gasteiger partial charge in [-0.1, -0.05) is 13.3 Å². The zero-order chi connectivity index (χ0) is 12.7. The average Bonchev–Trinajstić information content (AvgIpc) is 2.36. The fraction of sp³-hybridized carbons (Fsp3) is 0.417. The number of pyridine rings is 1. The van der Waals surface area contributed by atoms with Crippen LogP contribution in [0.3, 0.4) is 0 Å². The summed E-state index contributed by atoms with van der Waals surface area (Å²) in [5, 5.41) is 11.2. The summed E-state index contributed by atoms with van der Waals surface area (Å²) < 4.78 is 0. The Bertz CT molecular complexity index is 411. The van der Waals surface area contributed by atoms with Crippen LogP contribution in [-0.2, 0) is 0 Å². The lowest BCUT2D eigenvalue weighted by Gasteiger charge is -2.09. The summed E-state index contributed by atoms with van der Waals surface area (Å²) in [7, 11) is 0. The highest BCUT2D eigenvalue weighted by Gasteiger charge is 2.09. The van der Waals surface area contributed by atoms with Crippen LogP contribution in [-0.4, -0.2) is 22.8 Å². The largest absolute Gasteiger partial charge is 0.349 e. The summed E-state index contributed by atoms with van der Waals surface area (Å²) in [6.07, 6.45) is 3.22. The van der Waals surface area contributed by atoms with Crippen molar-refractivity contribution in [1.82, 2.24) is 10.3 Å². The zero-order valence-corrected chi connectivity index (χ0v) is 10.4. The van der Waals surface area contributed by atoms with Crippen LogP contribution in [0.1, 0.15) is 35.8 Å². The maximum Gasteiger partial charge on any atom is 0.269 e. The van der Waals surface area contributed by atoms with Crippen molar-refractivity contribution in [3.63, 3.8) is 0 Å². The number of hydrogen-bond acceptors (Lipinski definition) is 3. The molecule has 5 heteroatoms. The molecule has 0 saturated carbocycles. The summed E-state index contributed by atoms with van der Waals surface area (Å²) in [6.45, 7) is 2.47. The van der Waals surface area contributed by atoms with Crippen LogP contribution in [0.25, 0.3) is 0 Å². The summed E-state index contributed by atoms with van der Waals surface area (Å²) in [4.78, 5) is 15.5. The van der Waals surface area contributed by atoms with Crippen LogP contribution in [0.5, 0.6) is 0 Å². The van der Waals surface area contributed by atoms with Gasteiger partial charge in [0.05, 0.1) is 10.9 Å². The summed E-state index contributed by atoms with van der Waals surface area (Å²) in [5.41, 5.74) is 0.729. The third-order valence-electron chi connectivity index (χ3n) is 2.21. The number of hydrogen-bond donors (Lipinski definition) is 1. The summed E-state index contributed by atoms with van der Waals surface area (Å²) in [6, 6.07) is 5.03. The van der Waals surface area contributed by atoms with Gasteiger partial charge in [-0.3, -0.25) is 4.79 Å². The molecule has 0 aliphatic heterocycles. The van der Waals surface area contributed by atoms with Crippen LogP contribution < -0.4 is 5.32 Å². The fourth-order valence-electron chi connectivity index (χ4n) is 1.30. The lowest BCUT2D eigenvalue weighted by molar-refractivity contribution is 0.0948. The SMILES string of the molecule is CCCC(Cl)CNC(=O)c1ccc(C#N)cn1. The molecule has 90 valence electrons. The molecule has 1 amide bonds. The second-order valence-corrected chi connectivity index (χ2v) is 4.26. The number of nitrogens with one attached hydrogen (secondary N) is 1. The fourth-order valence-corrected chi connectivity index (χ4v) is 1.60. The molecule has 0 radical (unpaired) electrons. The molecule has 0 aliphatic rings. The van der Waals surface area contributed by atoms with E-state index in [2.05, 4.69) is 10.3 Å². The minimum absolute atomic E-state index is 0.0534. The number of carbonyl (C=O) groups is 1. The van der Waals surface area contributed by atoms with E-state index in [9.17, 15) is 4.79 Å². The number of carbonyl (C=O) groups excluding carboxylic acids is 1. The third kappa shape index (κ3) is 4.41. The number of nitriles is 1. The number of halogens is 1. The van der Waals surface area contributed by atoms with E-state index in [0.29, 0.717) is 17.8 Å². The minimum atomic E-state index is -0.267. The van der Waals surface area contributed by atoms with E-state index in [1.54, 1.807) is 6.07 Å². The molecule has 1 atom stereocenters. The molecule has 0 bridgehead atoms. The van der Waals surface area contributed by atoms with Crippen molar-refractivity contribution in [3.05, 3.63) is 29.6 Å². The first-order valence-corrected chi connectivity index (χ1v) is 5.89. The van der Waals surface area contributed by atoms with E-state index in [0.717, 1.165) is 12.8 Å². The van der Waals surface area contributed by atoms with E-state index < -0.39 is 0 Å². The maximum absolute atomic E-state index is 11.6. The topological polar surface area (TPSA) is 65.8 Å². The smallest absolute Gasteiger partial charge is 0.269 e. The van der Waals surface area contributed by atoms with Crippen molar-refractivity contribution < 1.29 is 4.79 Å². The van der Waals surface area contributed by atoms with Crippen LogP contribution in [0.4, 0.5) is 0 Å². The summed E-state index contributed by atoms with van der Waals surface area (Å²) in [5.74, 6) is -0.267. The molecule has 1 aromatic rings. The van der Waals surface area contributed by atoms with Gasteiger partial charge in [-0.25, -0.2) is 4.98 Å². The Hall–Kier alpha value is -1.60. The standard InChI is InChI=1S/C12H14ClN3O/c1-2-3-10(13)8-16-12(17)11-5-4-9(6-14)7-15-11/h4-5,7,10H,2-3,8H2,1H3,(H,16,17). The third-order valence-corrected chi connectivity index (χ3v) is 2.58. The minimum Gasteiger partial charge on any atom is -0.349 e. The Labute approximate surface area is 106 Å². The Kier molecular flexibility index (Phi) is 5.44. The molecule has 1 unspecified atom stereocenters. The predicted octanol–water partition coefficient (Wildman–Crippen LogP) is 2.09. The zero-order valence-electron chi connectivity index (χ0n) is 9.61. The van der Waals surface area contributed by atoms with Gasteiger partial charge < -0.3 is 5.32 Å². The van der Waals surface area contributed by atoms with Crippen LogP contribution >= 0.6 is 11.6 Å². The van der Waals surface area contributed by atoms with Gasteiger partial charge in [-0.05, 0) is 18.6 Å². The lowest BCUT2D eigenvalue weighted by atomic mass is 10.2. The van der Waals surface area contributed by atoms with Crippen LogP contribution in [0.2, 0.25) is 0 Å². The van der Waals surface area contributed by atoms with Crippen LogP contribution in [0.15, 0.2) is 18.3 Å². The molecular formula is C12H14ClN3O. The monoisotopic (exact) mass is 251 g/mol. The molecule has 0 aliphatic carbocycles. The first kappa shape index (κ1) is 13.5. The van der Waals surface area contributed by atoms with Crippen molar-refractivity contribution in [2.75, 3.05) is 6.54 Å². The van der Waals surface area contributed by atoms with Crippen LogP contribution in [0, 0.1) is 11.3 Å². The van der Waals surface area contributed by atoms with Gasteiger partial charge in [0.2, 0.25) is 0 Å². The van der Waals surface area contributed by atoms with Crippen molar-refractivity contribution in [2.24, 2.45) is 0 Å². The van der Waals surface area contributed by atoms with Gasteiger partial charge >= 0.3 is 0 Å². The second-order valence-electron chi connectivity index (χ2n) is 3.64. The van der Waals surface area contributed by atoms with Gasteiger partial charge in [-0.2, -0.15) is 5.26 Å². The molecule has 0 fully saturated rings. The van der Waals surface area contributed by atoms with E-state index in [-0.39, 0.29) is 11.3 Å². The van der Waals surface area contributed by atoms with Crippen molar-refractivity contribution >= 4 is 17.5 Å². The Morgan fingerprint density at radius 3 is 2.94 bits per heavy atom. The van der Waals surface area contributed by atoms with E-state index >= 15 is 0 Å². The normalized spacial score (nSPS) is 11.6. The molecule has 1 heterocycles. The molecule has 17 heavy (non-hydrogen) atoms. The number of nitrogens with zero attached hydrogens (tertiary/aromatic N) is 2. The highest BCUT2D eigenvalue weighted by molar-refractivity contribution is 6.20. The van der Waals surface area contributed by atoms with Gasteiger partial charge in [0.1, 0.15) is 11.8 Å². The predicted molar refractivity (Wildman–Crippen MR) is 65.8 cm³/mol. The van der Waals surface area contributed by atoms with Gasteiger partial charge in [0, 0.05) is 12.7 Å². The number of alkyl halides is 1. The molecule has 0 saturated heterocycles. The maximum atomic E-state index is 11.6. The Morgan fingerprint density at radius 2 is 2.41 bits per heavy atom. The Balaban J connectivity index is 2.50. The van der Waals surface area contributed by atoms with E-state index in [1.807, 2.05) is 13.0 Å². The molecular weight excluding hydrogens is 238 g/mol. The van der Waals surface area contributed by atoms with Gasteiger partial charge in [-0.15, -0.1) is 11.6 Å². The van der Waals surface area contributed by atoms with Crippen molar-refractivity contribution in [2.45, 2.75) is 25.1 Å². The molecule has 1 rings (SSSR count). The number of aromatic nitrogens is 1. The molecule has 0 spiro atoms. The Morgan fingerprint density at radius 1 is 1.65 bits per heavy atom.